The molecule has 110 valence electrons. The van der Waals surface area contributed by atoms with E-state index in [0.29, 0.717) is 22.0 Å². The second kappa shape index (κ2) is 5.75. The van der Waals surface area contributed by atoms with Crippen LogP contribution in [0.25, 0.3) is 16.8 Å². The standard InChI is InChI=1S/C13H13BrClN5O/c1-3-21-8(2)20-7-9(6-16-20)10-4-5-19-12(11(10)15)17-13(14)18-19/h4-8H,3H2,1-2H3. The molecule has 0 saturated heterocycles. The first kappa shape index (κ1) is 14.5. The van der Waals surface area contributed by atoms with E-state index in [0.717, 1.165) is 11.1 Å². The highest BCUT2D eigenvalue weighted by atomic mass is 79.9. The quantitative estimate of drug-likeness (QED) is 0.704. The Balaban J connectivity index is 2.02. The van der Waals surface area contributed by atoms with Gasteiger partial charge >= 0.3 is 0 Å². The number of rotatable bonds is 4. The molecular weight excluding hydrogens is 358 g/mol. The van der Waals surface area contributed by atoms with E-state index >= 15 is 0 Å². The molecule has 0 amide bonds. The van der Waals surface area contributed by atoms with Gasteiger partial charge in [-0.05, 0) is 35.8 Å². The number of aromatic nitrogens is 5. The van der Waals surface area contributed by atoms with E-state index in [2.05, 4.69) is 31.1 Å². The van der Waals surface area contributed by atoms with Gasteiger partial charge in [-0.15, -0.1) is 5.10 Å². The molecule has 1 unspecified atom stereocenters. The van der Waals surface area contributed by atoms with Crippen LogP contribution in [0.2, 0.25) is 5.02 Å². The number of halogens is 2. The van der Waals surface area contributed by atoms with Crippen molar-refractivity contribution in [2.24, 2.45) is 0 Å². The molecule has 1 atom stereocenters. The number of hydrogen-bond donors (Lipinski definition) is 0. The lowest BCUT2D eigenvalue weighted by Crippen LogP contribution is -2.09. The van der Waals surface area contributed by atoms with Gasteiger partial charge in [-0.1, -0.05) is 11.6 Å². The van der Waals surface area contributed by atoms with E-state index in [1.165, 1.54) is 0 Å². The first-order chi connectivity index (χ1) is 10.1. The lowest BCUT2D eigenvalue weighted by atomic mass is 10.1. The van der Waals surface area contributed by atoms with Gasteiger partial charge in [-0.2, -0.15) is 10.1 Å². The Kier molecular flexibility index (Phi) is 3.97. The average molecular weight is 371 g/mol. The highest BCUT2D eigenvalue weighted by Crippen LogP contribution is 2.31. The fourth-order valence-corrected chi connectivity index (χ4v) is 2.75. The van der Waals surface area contributed by atoms with Gasteiger partial charge < -0.3 is 4.74 Å². The molecule has 0 aliphatic heterocycles. The average Bonchev–Trinajstić information content (AvgIpc) is 3.06. The maximum absolute atomic E-state index is 6.43. The van der Waals surface area contributed by atoms with Gasteiger partial charge in [0.25, 0.3) is 0 Å². The van der Waals surface area contributed by atoms with Gasteiger partial charge in [0.2, 0.25) is 4.73 Å². The van der Waals surface area contributed by atoms with Crippen molar-refractivity contribution in [1.82, 2.24) is 24.4 Å². The maximum atomic E-state index is 6.43. The monoisotopic (exact) mass is 369 g/mol. The van der Waals surface area contributed by atoms with E-state index in [1.807, 2.05) is 32.3 Å². The number of pyridine rings is 1. The summed E-state index contributed by atoms with van der Waals surface area (Å²) in [5.74, 6) is 0. The summed E-state index contributed by atoms with van der Waals surface area (Å²) in [5, 5.41) is 9.02. The lowest BCUT2D eigenvalue weighted by Gasteiger charge is -2.11. The normalized spacial score (nSPS) is 13.0. The van der Waals surface area contributed by atoms with E-state index in [-0.39, 0.29) is 6.23 Å². The van der Waals surface area contributed by atoms with Crippen LogP contribution in [0.15, 0.2) is 29.4 Å². The van der Waals surface area contributed by atoms with Crippen LogP contribution in [-0.2, 0) is 4.74 Å². The van der Waals surface area contributed by atoms with Crippen LogP contribution in [0.3, 0.4) is 0 Å². The van der Waals surface area contributed by atoms with Crippen LogP contribution in [0.1, 0.15) is 20.1 Å². The fraction of sp³-hybridized carbons (Fsp3) is 0.308. The van der Waals surface area contributed by atoms with E-state index in [4.69, 9.17) is 16.3 Å². The zero-order valence-electron chi connectivity index (χ0n) is 11.5. The SMILES string of the molecule is CCOC(C)n1cc(-c2ccn3nc(Br)nc3c2Cl)cn1. The molecule has 6 nitrogen and oxygen atoms in total. The number of fused-ring (bicyclic) bond motifs is 1. The molecule has 0 radical (unpaired) electrons. The maximum Gasteiger partial charge on any atom is 0.218 e. The first-order valence-corrected chi connectivity index (χ1v) is 7.63. The van der Waals surface area contributed by atoms with Gasteiger partial charge in [-0.25, -0.2) is 9.20 Å². The largest absolute Gasteiger partial charge is 0.357 e. The Labute approximate surface area is 134 Å². The molecule has 0 bridgehead atoms. The second-order valence-corrected chi connectivity index (χ2v) is 5.54. The molecule has 0 saturated carbocycles. The summed E-state index contributed by atoms with van der Waals surface area (Å²) in [7, 11) is 0. The van der Waals surface area contributed by atoms with E-state index < -0.39 is 0 Å². The molecule has 3 aromatic heterocycles. The lowest BCUT2D eigenvalue weighted by molar-refractivity contribution is 0.0160. The van der Waals surface area contributed by atoms with Crippen molar-refractivity contribution in [3.63, 3.8) is 0 Å². The van der Waals surface area contributed by atoms with Gasteiger partial charge in [0.15, 0.2) is 5.65 Å². The van der Waals surface area contributed by atoms with Gasteiger partial charge in [0.1, 0.15) is 6.23 Å². The molecule has 3 heterocycles. The van der Waals surface area contributed by atoms with Crippen molar-refractivity contribution < 1.29 is 4.74 Å². The Bertz CT molecular complexity index is 784. The molecular formula is C13H13BrClN5O. The van der Waals surface area contributed by atoms with E-state index in [9.17, 15) is 0 Å². The predicted octanol–water partition coefficient (Wildman–Crippen LogP) is 3.56. The Hall–Kier alpha value is -1.44. The topological polar surface area (TPSA) is 57.2 Å². The van der Waals surface area contributed by atoms with Crippen molar-refractivity contribution in [2.45, 2.75) is 20.1 Å². The summed E-state index contributed by atoms with van der Waals surface area (Å²) in [6.07, 6.45) is 5.37. The summed E-state index contributed by atoms with van der Waals surface area (Å²) in [4.78, 5) is 4.25. The third kappa shape index (κ3) is 2.68. The summed E-state index contributed by atoms with van der Waals surface area (Å²) < 4.78 is 9.41. The molecule has 3 rings (SSSR count). The third-order valence-corrected chi connectivity index (χ3v) is 3.82. The second-order valence-electron chi connectivity index (χ2n) is 4.46. The number of hydrogen-bond acceptors (Lipinski definition) is 4. The van der Waals surface area contributed by atoms with Crippen LogP contribution < -0.4 is 0 Å². The molecule has 21 heavy (non-hydrogen) atoms. The van der Waals surface area contributed by atoms with Gasteiger partial charge in [0, 0.05) is 30.1 Å². The Morgan fingerprint density at radius 1 is 1.48 bits per heavy atom. The van der Waals surface area contributed by atoms with Crippen molar-refractivity contribution in [1.29, 1.82) is 0 Å². The highest BCUT2D eigenvalue weighted by molar-refractivity contribution is 9.10. The molecule has 8 heteroatoms. The molecule has 0 spiro atoms. The minimum atomic E-state index is -0.117. The fourth-order valence-electron chi connectivity index (χ4n) is 2.11. The molecule has 0 aromatic carbocycles. The zero-order valence-corrected chi connectivity index (χ0v) is 13.8. The van der Waals surface area contributed by atoms with Crippen LogP contribution in [-0.4, -0.2) is 31.0 Å². The Morgan fingerprint density at radius 2 is 2.29 bits per heavy atom. The highest BCUT2D eigenvalue weighted by Gasteiger charge is 2.14. The smallest absolute Gasteiger partial charge is 0.218 e. The van der Waals surface area contributed by atoms with Crippen LogP contribution in [0.4, 0.5) is 0 Å². The summed E-state index contributed by atoms with van der Waals surface area (Å²) in [6.45, 7) is 4.53. The first-order valence-electron chi connectivity index (χ1n) is 6.46. The Morgan fingerprint density at radius 3 is 3.05 bits per heavy atom. The number of nitrogens with zero attached hydrogens (tertiary/aromatic N) is 5. The molecule has 0 aliphatic rings. The van der Waals surface area contributed by atoms with Crippen molar-refractivity contribution in [3.8, 4) is 11.1 Å². The minimum Gasteiger partial charge on any atom is -0.357 e. The molecule has 0 N–H and O–H groups in total. The van der Waals surface area contributed by atoms with Gasteiger partial charge in [-0.3, -0.25) is 0 Å². The molecule has 3 aromatic rings. The molecule has 0 aliphatic carbocycles. The van der Waals surface area contributed by atoms with Crippen LogP contribution in [0.5, 0.6) is 0 Å². The number of ether oxygens (including phenoxy) is 1. The summed E-state index contributed by atoms with van der Waals surface area (Å²) in [5.41, 5.74) is 2.37. The van der Waals surface area contributed by atoms with E-state index in [1.54, 1.807) is 15.4 Å². The van der Waals surface area contributed by atoms with Crippen LogP contribution in [0, 0.1) is 0 Å². The van der Waals surface area contributed by atoms with Crippen LogP contribution >= 0.6 is 27.5 Å². The third-order valence-electron chi connectivity index (χ3n) is 3.11. The van der Waals surface area contributed by atoms with Gasteiger partial charge in [0.05, 0.1) is 11.2 Å². The van der Waals surface area contributed by atoms with Crippen molar-refractivity contribution in [3.05, 3.63) is 34.4 Å². The van der Waals surface area contributed by atoms with Crippen molar-refractivity contribution >= 4 is 33.2 Å². The van der Waals surface area contributed by atoms with Crippen molar-refractivity contribution in [2.75, 3.05) is 6.61 Å². The molecule has 0 fully saturated rings. The minimum absolute atomic E-state index is 0.117. The predicted molar refractivity (Wildman–Crippen MR) is 83.3 cm³/mol. The zero-order chi connectivity index (χ0) is 15.0. The summed E-state index contributed by atoms with van der Waals surface area (Å²) >= 11 is 9.67. The summed E-state index contributed by atoms with van der Waals surface area (Å²) in [6, 6.07) is 1.89.